The van der Waals surface area contributed by atoms with Gasteiger partial charge >= 0.3 is 0 Å². The van der Waals surface area contributed by atoms with E-state index in [-0.39, 0.29) is 17.7 Å². The number of carbonyl (C=O) groups excluding carboxylic acids is 1. The van der Waals surface area contributed by atoms with E-state index in [1.165, 1.54) is 17.3 Å². The molecule has 3 aromatic rings. The van der Waals surface area contributed by atoms with Crippen LogP contribution in [0.3, 0.4) is 0 Å². The molecule has 1 heterocycles. The Hall–Kier alpha value is -2.67. The van der Waals surface area contributed by atoms with Gasteiger partial charge in [0, 0.05) is 0 Å². The van der Waals surface area contributed by atoms with Gasteiger partial charge in [-0.1, -0.05) is 68.1 Å². The van der Waals surface area contributed by atoms with Gasteiger partial charge in [0.2, 0.25) is 11.1 Å². The van der Waals surface area contributed by atoms with Crippen molar-refractivity contribution in [3.05, 3.63) is 65.2 Å². The fourth-order valence-electron chi connectivity index (χ4n) is 3.13. The maximum absolute atomic E-state index is 12.4. The number of nitrogens with one attached hydrogen (secondary N) is 1. The number of amides is 1. The van der Waals surface area contributed by atoms with E-state index < -0.39 is 0 Å². The van der Waals surface area contributed by atoms with Gasteiger partial charge < -0.3 is 5.32 Å². The molecular formula is C22H27N5OS. The number of thioether (sulfide) groups is 1. The molecule has 2 aromatic carbocycles. The molecule has 0 spiro atoms. The lowest BCUT2D eigenvalue weighted by molar-refractivity contribution is -0.119. The Bertz CT molecular complexity index is 952. The van der Waals surface area contributed by atoms with Crippen LogP contribution in [-0.2, 0) is 11.2 Å². The molecule has 1 aromatic heterocycles. The number of rotatable bonds is 8. The van der Waals surface area contributed by atoms with Crippen LogP contribution in [-0.4, -0.2) is 31.9 Å². The number of benzene rings is 2. The number of aryl methyl sites for hydroxylation is 1. The highest BCUT2D eigenvalue weighted by Gasteiger charge is 2.15. The number of aromatic nitrogens is 4. The summed E-state index contributed by atoms with van der Waals surface area (Å²) in [6.45, 7) is 8.43. The van der Waals surface area contributed by atoms with Crippen molar-refractivity contribution in [1.29, 1.82) is 0 Å². The molecule has 29 heavy (non-hydrogen) atoms. The molecule has 1 N–H and O–H groups in total. The molecule has 6 nitrogen and oxygen atoms in total. The molecule has 1 amide bonds. The Kier molecular flexibility index (Phi) is 7.04. The van der Waals surface area contributed by atoms with Crippen LogP contribution < -0.4 is 5.32 Å². The fourth-order valence-corrected chi connectivity index (χ4v) is 3.83. The second-order valence-corrected chi connectivity index (χ2v) is 8.52. The molecule has 0 saturated carbocycles. The lowest BCUT2D eigenvalue weighted by atomic mass is 10.00. The number of hydrogen-bond donors (Lipinski definition) is 1. The van der Waals surface area contributed by atoms with Gasteiger partial charge in [0.25, 0.3) is 0 Å². The third-order valence-corrected chi connectivity index (χ3v) is 5.54. The Morgan fingerprint density at radius 1 is 1.10 bits per heavy atom. The topological polar surface area (TPSA) is 72.7 Å². The summed E-state index contributed by atoms with van der Waals surface area (Å²) in [5, 5.41) is 15.5. The van der Waals surface area contributed by atoms with Gasteiger partial charge in [-0.2, -0.15) is 4.68 Å². The summed E-state index contributed by atoms with van der Waals surface area (Å²) >= 11 is 1.33. The quantitative estimate of drug-likeness (QED) is 0.566. The number of carbonyl (C=O) groups is 1. The molecule has 0 unspecified atom stereocenters. The first-order valence-electron chi connectivity index (χ1n) is 9.79. The van der Waals surface area contributed by atoms with Gasteiger partial charge in [-0.15, -0.1) is 5.10 Å². The first-order chi connectivity index (χ1) is 13.9. The van der Waals surface area contributed by atoms with Gasteiger partial charge in [-0.25, -0.2) is 0 Å². The monoisotopic (exact) mass is 409 g/mol. The zero-order valence-corrected chi connectivity index (χ0v) is 18.1. The van der Waals surface area contributed by atoms with E-state index in [9.17, 15) is 4.79 Å². The van der Waals surface area contributed by atoms with E-state index in [0.29, 0.717) is 11.1 Å². The second kappa shape index (κ2) is 9.69. The van der Waals surface area contributed by atoms with E-state index in [0.717, 1.165) is 23.2 Å². The molecule has 0 aliphatic carbocycles. The van der Waals surface area contributed by atoms with Crippen molar-refractivity contribution >= 4 is 17.7 Å². The molecule has 0 aliphatic heterocycles. The van der Waals surface area contributed by atoms with Crippen molar-refractivity contribution in [3.63, 3.8) is 0 Å². The Morgan fingerprint density at radius 3 is 2.52 bits per heavy atom. The SMILES string of the molecule is Cc1ccccc1-n1nnnc1SCC(=O)N[C@H](C)c1ccc(CC(C)C)cc1. The maximum Gasteiger partial charge on any atom is 0.230 e. The molecule has 152 valence electrons. The number of hydrogen-bond acceptors (Lipinski definition) is 5. The van der Waals surface area contributed by atoms with Crippen LogP contribution in [0.2, 0.25) is 0 Å². The average Bonchev–Trinajstić information content (AvgIpc) is 3.15. The van der Waals surface area contributed by atoms with Crippen molar-refractivity contribution in [2.75, 3.05) is 5.75 Å². The number of para-hydroxylation sites is 1. The Labute approximate surface area is 176 Å². The van der Waals surface area contributed by atoms with E-state index in [1.54, 1.807) is 4.68 Å². The summed E-state index contributed by atoms with van der Waals surface area (Å²) in [7, 11) is 0. The largest absolute Gasteiger partial charge is 0.349 e. The molecule has 7 heteroatoms. The summed E-state index contributed by atoms with van der Waals surface area (Å²) in [4.78, 5) is 12.4. The molecule has 0 radical (unpaired) electrons. The van der Waals surface area contributed by atoms with Gasteiger partial charge in [-0.05, 0) is 59.4 Å². The minimum absolute atomic E-state index is 0.0481. The summed E-state index contributed by atoms with van der Waals surface area (Å²) < 4.78 is 1.67. The Morgan fingerprint density at radius 2 is 1.83 bits per heavy atom. The van der Waals surface area contributed by atoms with E-state index >= 15 is 0 Å². The van der Waals surface area contributed by atoms with E-state index in [1.807, 2.05) is 38.1 Å². The molecule has 0 saturated heterocycles. The van der Waals surface area contributed by atoms with Crippen LogP contribution in [0.1, 0.15) is 43.5 Å². The van der Waals surface area contributed by atoms with Crippen molar-refractivity contribution in [1.82, 2.24) is 25.5 Å². The van der Waals surface area contributed by atoms with E-state index in [4.69, 9.17) is 0 Å². The molecule has 0 bridgehead atoms. The van der Waals surface area contributed by atoms with Crippen LogP contribution in [0.5, 0.6) is 0 Å². The molecule has 3 rings (SSSR count). The van der Waals surface area contributed by atoms with Crippen LogP contribution in [0.25, 0.3) is 5.69 Å². The van der Waals surface area contributed by atoms with Crippen LogP contribution in [0.4, 0.5) is 0 Å². The average molecular weight is 410 g/mol. The zero-order chi connectivity index (χ0) is 20.8. The Balaban J connectivity index is 1.57. The summed E-state index contributed by atoms with van der Waals surface area (Å²) in [5.74, 6) is 0.835. The lowest BCUT2D eigenvalue weighted by Crippen LogP contribution is -2.28. The highest BCUT2D eigenvalue weighted by atomic mass is 32.2. The normalized spacial score (nSPS) is 12.2. The van der Waals surface area contributed by atoms with E-state index in [2.05, 4.69) is 59.0 Å². The van der Waals surface area contributed by atoms with Crippen LogP contribution in [0.15, 0.2) is 53.7 Å². The third-order valence-electron chi connectivity index (χ3n) is 4.62. The minimum atomic E-state index is -0.0523. The van der Waals surface area contributed by atoms with Gasteiger partial charge in [-0.3, -0.25) is 4.79 Å². The predicted molar refractivity (Wildman–Crippen MR) is 116 cm³/mol. The smallest absolute Gasteiger partial charge is 0.230 e. The lowest BCUT2D eigenvalue weighted by Gasteiger charge is -2.15. The van der Waals surface area contributed by atoms with Crippen molar-refractivity contribution in [2.24, 2.45) is 5.92 Å². The van der Waals surface area contributed by atoms with Crippen LogP contribution in [0, 0.1) is 12.8 Å². The minimum Gasteiger partial charge on any atom is -0.349 e. The molecular weight excluding hydrogens is 382 g/mol. The first-order valence-corrected chi connectivity index (χ1v) is 10.8. The van der Waals surface area contributed by atoms with Gasteiger partial charge in [0.05, 0.1) is 17.5 Å². The number of nitrogens with zero attached hydrogens (tertiary/aromatic N) is 4. The maximum atomic E-state index is 12.4. The molecule has 0 fully saturated rings. The van der Waals surface area contributed by atoms with Crippen molar-refractivity contribution in [3.8, 4) is 5.69 Å². The summed E-state index contributed by atoms with van der Waals surface area (Å²) in [5.41, 5.74) is 4.40. The summed E-state index contributed by atoms with van der Waals surface area (Å²) in [6.07, 6.45) is 1.06. The first kappa shape index (κ1) is 21.0. The van der Waals surface area contributed by atoms with Gasteiger partial charge in [0.15, 0.2) is 0 Å². The molecule has 0 aliphatic rings. The fraction of sp³-hybridized carbons (Fsp3) is 0.364. The second-order valence-electron chi connectivity index (χ2n) is 7.58. The van der Waals surface area contributed by atoms with Crippen molar-refractivity contribution in [2.45, 2.75) is 45.3 Å². The highest BCUT2D eigenvalue weighted by Crippen LogP contribution is 2.21. The molecule has 1 atom stereocenters. The third kappa shape index (κ3) is 5.67. The number of tetrazole rings is 1. The highest BCUT2D eigenvalue weighted by molar-refractivity contribution is 7.99. The van der Waals surface area contributed by atoms with Gasteiger partial charge in [0.1, 0.15) is 0 Å². The zero-order valence-electron chi connectivity index (χ0n) is 17.3. The predicted octanol–water partition coefficient (Wildman–Crippen LogP) is 4.14. The van der Waals surface area contributed by atoms with Crippen molar-refractivity contribution < 1.29 is 4.79 Å². The standard InChI is InChI=1S/C22H27N5OS/c1-15(2)13-18-9-11-19(12-10-18)17(4)23-21(28)14-29-22-24-25-26-27(22)20-8-6-5-7-16(20)3/h5-12,15,17H,13-14H2,1-4H3,(H,23,28)/t17-/m1/s1. The van der Waals surface area contributed by atoms with Crippen LogP contribution >= 0.6 is 11.8 Å². The summed E-state index contributed by atoms with van der Waals surface area (Å²) in [6, 6.07) is 16.3.